The molecule has 3 amide bonds. The van der Waals surface area contributed by atoms with Gasteiger partial charge in [0.05, 0.1) is 18.8 Å². The van der Waals surface area contributed by atoms with Crippen LogP contribution in [0.3, 0.4) is 0 Å². The van der Waals surface area contributed by atoms with Gasteiger partial charge in [-0.15, -0.1) is 0 Å². The van der Waals surface area contributed by atoms with Crippen LogP contribution in [-0.4, -0.2) is 75.0 Å². The third-order valence-corrected chi connectivity index (χ3v) is 9.59. The van der Waals surface area contributed by atoms with Crippen LogP contribution in [0.5, 0.6) is 17.2 Å². The molecule has 1 fully saturated rings. The van der Waals surface area contributed by atoms with E-state index in [-0.39, 0.29) is 36.4 Å². The number of fused-ring (bicyclic) bond motifs is 2. The molecule has 0 radical (unpaired) electrons. The van der Waals surface area contributed by atoms with Gasteiger partial charge in [0.1, 0.15) is 23.2 Å². The van der Waals surface area contributed by atoms with E-state index in [4.69, 9.17) is 18.9 Å². The molecule has 0 aromatic heterocycles. The van der Waals surface area contributed by atoms with E-state index >= 15 is 0 Å². The number of hydrogen-bond donors (Lipinski definition) is 1. The molecule has 0 bridgehead atoms. The Morgan fingerprint density at radius 3 is 2.66 bits per heavy atom. The number of nitrogens with zero attached hydrogens (tertiary/aromatic N) is 2. The van der Waals surface area contributed by atoms with Crippen LogP contribution in [0.15, 0.2) is 71.6 Å². The van der Waals surface area contributed by atoms with Crippen molar-refractivity contribution in [1.29, 1.82) is 0 Å². The van der Waals surface area contributed by atoms with Crippen molar-refractivity contribution in [2.24, 2.45) is 0 Å². The van der Waals surface area contributed by atoms with Gasteiger partial charge in [0, 0.05) is 19.7 Å². The molecule has 1 N–H and O–H groups in total. The van der Waals surface area contributed by atoms with Crippen molar-refractivity contribution in [2.45, 2.75) is 36.4 Å². The summed E-state index contributed by atoms with van der Waals surface area (Å²) < 4.78 is 49.2. The van der Waals surface area contributed by atoms with Gasteiger partial charge in [-0.25, -0.2) is 12.7 Å². The normalized spacial score (nSPS) is 18.5. The maximum absolute atomic E-state index is 14.2. The van der Waals surface area contributed by atoms with Crippen LogP contribution in [0.1, 0.15) is 40.4 Å². The molecular formula is C31H31N3O9S. The fourth-order valence-corrected chi connectivity index (χ4v) is 7.08. The third kappa shape index (κ3) is 5.67. The fourth-order valence-electron chi connectivity index (χ4n) is 5.56. The summed E-state index contributed by atoms with van der Waals surface area (Å²) in [6.07, 6.45) is 1.52. The Balaban J connectivity index is 1.37. The van der Waals surface area contributed by atoms with Crippen LogP contribution < -0.4 is 19.5 Å². The predicted molar refractivity (Wildman–Crippen MR) is 155 cm³/mol. The van der Waals surface area contributed by atoms with Crippen LogP contribution in [0.4, 0.5) is 0 Å². The molecule has 2 unspecified atom stereocenters. The number of carbonyl (C=O) groups is 3. The van der Waals surface area contributed by atoms with Crippen molar-refractivity contribution in [1.82, 2.24) is 14.5 Å². The molecule has 44 heavy (non-hydrogen) atoms. The van der Waals surface area contributed by atoms with E-state index in [0.717, 1.165) is 12.8 Å². The molecule has 1 saturated heterocycles. The molecule has 0 spiro atoms. The van der Waals surface area contributed by atoms with E-state index in [1.165, 1.54) is 30.2 Å². The van der Waals surface area contributed by atoms with Crippen molar-refractivity contribution in [3.8, 4) is 17.2 Å². The zero-order valence-electron chi connectivity index (χ0n) is 23.9. The van der Waals surface area contributed by atoms with Crippen LogP contribution in [0.25, 0.3) is 0 Å². The first-order chi connectivity index (χ1) is 21.3. The molecule has 12 nitrogen and oxygen atoms in total. The monoisotopic (exact) mass is 621 g/mol. The molecule has 3 aliphatic heterocycles. The van der Waals surface area contributed by atoms with Crippen molar-refractivity contribution >= 4 is 27.7 Å². The van der Waals surface area contributed by atoms with E-state index in [2.05, 4.69) is 5.32 Å². The van der Waals surface area contributed by atoms with Gasteiger partial charge in [0.25, 0.3) is 15.9 Å². The highest BCUT2D eigenvalue weighted by Gasteiger charge is 2.43. The number of hydrogen-bond acceptors (Lipinski definition) is 9. The lowest BCUT2D eigenvalue weighted by atomic mass is 10.0. The van der Waals surface area contributed by atoms with E-state index < -0.39 is 40.3 Å². The zero-order valence-corrected chi connectivity index (χ0v) is 24.7. The Bertz CT molecular complexity index is 1700. The summed E-state index contributed by atoms with van der Waals surface area (Å²) in [5.41, 5.74) is 1.02. The topological polar surface area (TPSA) is 141 Å². The lowest BCUT2D eigenvalue weighted by Crippen LogP contribution is -2.48. The highest BCUT2D eigenvalue weighted by atomic mass is 32.2. The maximum Gasteiger partial charge on any atom is 0.269 e. The number of sulfonamides is 1. The molecule has 6 rings (SSSR count). The summed E-state index contributed by atoms with van der Waals surface area (Å²) >= 11 is 0. The third-order valence-electron chi connectivity index (χ3n) is 7.80. The Morgan fingerprint density at radius 1 is 1.07 bits per heavy atom. The Hall–Kier alpha value is -4.62. The number of amides is 3. The number of nitrogens with one attached hydrogen (secondary N) is 1. The predicted octanol–water partition coefficient (Wildman–Crippen LogP) is 2.63. The van der Waals surface area contributed by atoms with Gasteiger partial charge in [-0.2, -0.15) is 0 Å². The second kappa shape index (κ2) is 12.2. The molecule has 2 atom stereocenters. The lowest BCUT2D eigenvalue weighted by molar-refractivity contribution is -0.141. The molecule has 3 heterocycles. The van der Waals surface area contributed by atoms with Crippen LogP contribution in [0, 0.1) is 0 Å². The standard InChI is InChI=1S/C31H31N3O9S/c1-40-22-7-4-6-21(15-22)29(30(36)32-16-23-8-5-13-41-23)33(17-20-11-12-25-26(14-20)43-19-42-25)28(35)18-34-31(37)24-9-2-3-10-27(24)44(34,38)39/h2-4,6-7,9-12,14-15,23,29H,5,8,13,16-19H2,1H3,(H,32,36). The molecule has 0 aliphatic carbocycles. The van der Waals surface area contributed by atoms with Crippen molar-refractivity contribution in [2.75, 3.05) is 33.6 Å². The Kier molecular flexibility index (Phi) is 8.15. The molecule has 3 aromatic carbocycles. The van der Waals surface area contributed by atoms with Crippen LogP contribution in [-0.2, 0) is 30.9 Å². The quantitative estimate of drug-likeness (QED) is 0.362. The van der Waals surface area contributed by atoms with E-state index in [0.29, 0.717) is 39.3 Å². The molecule has 0 saturated carbocycles. The second-order valence-corrected chi connectivity index (χ2v) is 12.4. The number of carbonyl (C=O) groups excluding carboxylic acids is 3. The summed E-state index contributed by atoms with van der Waals surface area (Å²) in [4.78, 5) is 42.5. The SMILES string of the molecule is COc1cccc(C(C(=O)NCC2CCCO2)N(Cc2ccc3c(c2)OCO3)C(=O)CN2C(=O)c3ccccc3S2(=O)=O)c1. The highest BCUT2D eigenvalue weighted by molar-refractivity contribution is 7.90. The van der Waals surface area contributed by atoms with Gasteiger partial charge >= 0.3 is 0 Å². The minimum atomic E-state index is -4.28. The highest BCUT2D eigenvalue weighted by Crippen LogP contribution is 2.35. The average Bonchev–Trinajstić information content (AvgIpc) is 3.77. The first-order valence-corrected chi connectivity index (χ1v) is 15.6. The number of ether oxygens (including phenoxy) is 4. The van der Waals surface area contributed by atoms with Crippen LogP contribution in [0.2, 0.25) is 0 Å². The van der Waals surface area contributed by atoms with E-state index in [1.807, 2.05) is 0 Å². The maximum atomic E-state index is 14.2. The van der Waals surface area contributed by atoms with Crippen molar-refractivity contribution in [3.63, 3.8) is 0 Å². The first kappa shape index (κ1) is 29.5. The average molecular weight is 622 g/mol. The van der Waals surface area contributed by atoms with Gasteiger partial charge in [0.15, 0.2) is 11.5 Å². The van der Waals surface area contributed by atoms with Gasteiger partial charge in [0.2, 0.25) is 18.6 Å². The smallest absolute Gasteiger partial charge is 0.269 e. The van der Waals surface area contributed by atoms with Crippen molar-refractivity contribution < 1.29 is 41.7 Å². The molecule has 3 aliphatic rings. The minimum Gasteiger partial charge on any atom is -0.497 e. The summed E-state index contributed by atoms with van der Waals surface area (Å²) in [5, 5.41) is 2.91. The Morgan fingerprint density at radius 2 is 1.89 bits per heavy atom. The summed E-state index contributed by atoms with van der Waals surface area (Å²) in [6, 6.07) is 16.4. The Labute approximate surface area is 254 Å². The van der Waals surface area contributed by atoms with Crippen molar-refractivity contribution in [3.05, 3.63) is 83.4 Å². The van der Waals surface area contributed by atoms with Crippen LogP contribution >= 0.6 is 0 Å². The largest absolute Gasteiger partial charge is 0.497 e. The van der Waals surface area contributed by atoms with Gasteiger partial charge < -0.3 is 29.2 Å². The molecule has 13 heteroatoms. The van der Waals surface area contributed by atoms with Gasteiger partial charge in [-0.1, -0.05) is 30.3 Å². The molecular weight excluding hydrogens is 590 g/mol. The number of rotatable bonds is 10. The fraction of sp³-hybridized carbons (Fsp3) is 0.323. The molecule has 230 valence electrons. The van der Waals surface area contributed by atoms with E-state index in [1.54, 1.807) is 48.5 Å². The number of benzene rings is 3. The molecule has 3 aromatic rings. The summed E-state index contributed by atoms with van der Waals surface area (Å²) in [6.45, 7) is -0.0242. The second-order valence-electron chi connectivity index (χ2n) is 10.6. The minimum absolute atomic E-state index is 0.0127. The lowest BCUT2D eigenvalue weighted by Gasteiger charge is -2.33. The van der Waals surface area contributed by atoms with E-state index in [9.17, 15) is 22.8 Å². The summed E-state index contributed by atoms with van der Waals surface area (Å²) in [5.74, 6) is -0.588. The number of methoxy groups -OCH3 is 1. The summed E-state index contributed by atoms with van der Waals surface area (Å²) in [7, 11) is -2.80. The van der Waals surface area contributed by atoms with Gasteiger partial charge in [-0.3, -0.25) is 14.4 Å². The zero-order chi connectivity index (χ0) is 30.8. The van der Waals surface area contributed by atoms with Gasteiger partial charge in [-0.05, 0) is 60.4 Å². The first-order valence-electron chi connectivity index (χ1n) is 14.1.